The number of aliphatic hydroxyl groups is 1. The average molecular weight is 339 g/mol. The van der Waals surface area contributed by atoms with Gasteiger partial charge in [-0.25, -0.2) is 0 Å². The van der Waals surface area contributed by atoms with Gasteiger partial charge in [-0.1, -0.05) is 35.0 Å². The Morgan fingerprint density at radius 1 is 1.20 bits per heavy atom. The van der Waals surface area contributed by atoms with Crippen LogP contribution in [0.4, 0.5) is 5.69 Å². The Balaban J connectivity index is 1.57. The fourth-order valence-electron chi connectivity index (χ4n) is 3.00. The van der Waals surface area contributed by atoms with Crippen molar-refractivity contribution in [2.75, 3.05) is 18.0 Å². The second kappa shape index (κ2) is 8.03. The highest BCUT2D eigenvalue weighted by atomic mass is 16.6. The van der Waals surface area contributed by atoms with Crippen LogP contribution < -0.4 is 10.6 Å². The van der Waals surface area contributed by atoms with Gasteiger partial charge in [0.15, 0.2) is 5.84 Å². The molecule has 5 heteroatoms. The number of hydrogen-bond donors (Lipinski definition) is 2. The maximum atomic E-state index is 9.60. The van der Waals surface area contributed by atoms with Gasteiger partial charge in [-0.2, -0.15) is 0 Å². The van der Waals surface area contributed by atoms with Crippen molar-refractivity contribution in [2.24, 2.45) is 10.9 Å². The van der Waals surface area contributed by atoms with E-state index in [0.717, 1.165) is 42.7 Å². The maximum absolute atomic E-state index is 9.60. The highest BCUT2D eigenvalue weighted by Gasteiger charge is 2.17. The third-order valence-electron chi connectivity index (χ3n) is 4.47. The van der Waals surface area contributed by atoms with Crippen molar-refractivity contribution in [3.05, 3.63) is 65.2 Å². The molecule has 0 unspecified atom stereocenters. The molecule has 0 spiro atoms. The Labute approximate surface area is 148 Å². The second-order valence-corrected chi connectivity index (χ2v) is 6.50. The monoisotopic (exact) mass is 339 g/mol. The van der Waals surface area contributed by atoms with Crippen LogP contribution in [-0.4, -0.2) is 30.1 Å². The van der Waals surface area contributed by atoms with Crippen LogP contribution >= 0.6 is 0 Å². The Morgan fingerprint density at radius 3 is 2.60 bits per heavy atom. The van der Waals surface area contributed by atoms with Crippen molar-refractivity contribution < 1.29 is 9.94 Å². The van der Waals surface area contributed by atoms with Crippen LogP contribution in [0.5, 0.6) is 0 Å². The zero-order valence-corrected chi connectivity index (χ0v) is 14.6. The minimum Gasteiger partial charge on any atom is -0.393 e. The summed E-state index contributed by atoms with van der Waals surface area (Å²) in [6, 6.07) is 16.1. The number of amidine groups is 1. The van der Waals surface area contributed by atoms with Crippen molar-refractivity contribution >= 4 is 11.5 Å². The Kier molecular flexibility index (Phi) is 5.56. The first-order valence-electron chi connectivity index (χ1n) is 8.66. The van der Waals surface area contributed by atoms with E-state index in [2.05, 4.69) is 16.1 Å². The van der Waals surface area contributed by atoms with E-state index < -0.39 is 0 Å². The van der Waals surface area contributed by atoms with Crippen molar-refractivity contribution in [3.63, 3.8) is 0 Å². The van der Waals surface area contributed by atoms with Crippen molar-refractivity contribution in [1.29, 1.82) is 0 Å². The van der Waals surface area contributed by atoms with E-state index in [4.69, 9.17) is 10.6 Å². The van der Waals surface area contributed by atoms with Gasteiger partial charge in [0.05, 0.1) is 6.10 Å². The van der Waals surface area contributed by atoms with E-state index in [-0.39, 0.29) is 6.10 Å². The number of benzene rings is 2. The molecule has 5 nitrogen and oxygen atoms in total. The molecule has 1 aliphatic rings. The molecular formula is C20H25N3O2. The lowest BCUT2D eigenvalue weighted by molar-refractivity contribution is 0.130. The summed E-state index contributed by atoms with van der Waals surface area (Å²) in [6.45, 7) is 4.20. The number of anilines is 1. The Bertz CT molecular complexity index is 720. The maximum Gasteiger partial charge on any atom is 0.170 e. The summed E-state index contributed by atoms with van der Waals surface area (Å²) in [5, 5.41) is 13.6. The molecule has 3 N–H and O–H groups in total. The topological polar surface area (TPSA) is 71.1 Å². The molecule has 1 fully saturated rings. The van der Waals surface area contributed by atoms with Crippen LogP contribution in [0.25, 0.3) is 0 Å². The van der Waals surface area contributed by atoms with Crippen LogP contribution in [0.15, 0.2) is 53.7 Å². The molecule has 0 aliphatic carbocycles. The molecule has 0 aromatic heterocycles. The summed E-state index contributed by atoms with van der Waals surface area (Å²) in [7, 11) is 0. The number of aliphatic hydroxyl groups excluding tert-OH is 1. The summed E-state index contributed by atoms with van der Waals surface area (Å²) in [5.41, 5.74) is 10.3. The molecular weight excluding hydrogens is 314 g/mol. The molecule has 132 valence electrons. The normalized spacial score (nSPS) is 16.1. The van der Waals surface area contributed by atoms with Crippen LogP contribution in [0, 0.1) is 6.92 Å². The average Bonchev–Trinajstić information content (AvgIpc) is 2.62. The van der Waals surface area contributed by atoms with Crippen molar-refractivity contribution in [3.8, 4) is 0 Å². The Morgan fingerprint density at radius 2 is 1.92 bits per heavy atom. The molecule has 0 saturated carbocycles. The van der Waals surface area contributed by atoms with Crippen LogP contribution in [0.2, 0.25) is 0 Å². The van der Waals surface area contributed by atoms with Gasteiger partial charge in [0, 0.05) is 24.3 Å². The summed E-state index contributed by atoms with van der Waals surface area (Å²) in [6.07, 6.45) is 1.47. The van der Waals surface area contributed by atoms with Gasteiger partial charge < -0.3 is 20.6 Å². The van der Waals surface area contributed by atoms with Gasteiger partial charge in [-0.3, -0.25) is 0 Å². The third kappa shape index (κ3) is 4.73. The predicted molar refractivity (Wildman–Crippen MR) is 101 cm³/mol. The largest absolute Gasteiger partial charge is 0.393 e. The first-order chi connectivity index (χ1) is 12.1. The second-order valence-electron chi connectivity index (χ2n) is 6.50. The number of oxime groups is 1. The fraction of sp³-hybridized carbons (Fsp3) is 0.350. The van der Waals surface area contributed by atoms with E-state index in [0.29, 0.717) is 12.4 Å². The van der Waals surface area contributed by atoms with Crippen LogP contribution in [0.3, 0.4) is 0 Å². The molecule has 0 amide bonds. The fourth-order valence-corrected chi connectivity index (χ4v) is 3.00. The minimum atomic E-state index is -0.163. The van der Waals surface area contributed by atoms with Gasteiger partial charge in [-0.05, 0) is 49.6 Å². The zero-order chi connectivity index (χ0) is 17.6. The highest BCUT2D eigenvalue weighted by Crippen LogP contribution is 2.20. The van der Waals surface area contributed by atoms with E-state index in [9.17, 15) is 5.11 Å². The van der Waals surface area contributed by atoms with Gasteiger partial charge in [-0.15, -0.1) is 0 Å². The van der Waals surface area contributed by atoms with Gasteiger partial charge in [0.2, 0.25) is 0 Å². The molecule has 25 heavy (non-hydrogen) atoms. The quantitative estimate of drug-likeness (QED) is 0.499. The van der Waals surface area contributed by atoms with Gasteiger partial charge >= 0.3 is 0 Å². The number of piperidine rings is 1. The third-order valence-corrected chi connectivity index (χ3v) is 4.47. The predicted octanol–water partition coefficient (Wildman–Crippen LogP) is 2.79. The van der Waals surface area contributed by atoms with E-state index in [1.165, 1.54) is 5.56 Å². The van der Waals surface area contributed by atoms with Crippen LogP contribution in [-0.2, 0) is 11.4 Å². The SMILES string of the molecule is Cc1cccc(CON=C(N)c2ccc(N3CCC(O)CC3)cc2)c1. The first-order valence-corrected chi connectivity index (χ1v) is 8.66. The molecule has 0 atom stereocenters. The first kappa shape index (κ1) is 17.3. The van der Waals surface area contributed by atoms with Gasteiger partial charge in [0.1, 0.15) is 6.61 Å². The number of aryl methyl sites for hydroxylation is 1. The smallest absolute Gasteiger partial charge is 0.170 e. The molecule has 0 bridgehead atoms. The van der Waals surface area contributed by atoms with E-state index in [1.54, 1.807) is 0 Å². The lowest BCUT2D eigenvalue weighted by Crippen LogP contribution is -2.35. The molecule has 1 saturated heterocycles. The molecule has 2 aromatic carbocycles. The lowest BCUT2D eigenvalue weighted by atomic mass is 10.1. The minimum absolute atomic E-state index is 0.163. The zero-order valence-electron chi connectivity index (χ0n) is 14.6. The standard InChI is InChI=1S/C20H25N3O2/c1-15-3-2-4-16(13-15)14-25-22-20(21)17-5-7-18(8-6-17)23-11-9-19(24)10-12-23/h2-8,13,19,24H,9-12,14H2,1H3,(H2,21,22). The summed E-state index contributed by atoms with van der Waals surface area (Å²) in [5.74, 6) is 0.369. The Hall–Kier alpha value is -2.53. The van der Waals surface area contributed by atoms with Crippen molar-refractivity contribution in [1.82, 2.24) is 0 Å². The van der Waals surface area contributed by atoms with E-state index in [1.807, 2.05) is 49.4 Å². The molecule has 1 heterocycles. The molecule has 1 aliphatic heterocycles. The summed E-state index contributed by atoms with van der Waals surface area (Å²) in [4.78, 5) is 7.65. The van der Waals surface area contributed by atoms with E-state index >= 15 is 0 Å². The number of nitrogens with zero attached hydrogens (tertiary/aromatic N) is 2. The highest BCUT2D eigenvalue weighted by molar-refractivity contribution is 5.97. The molecule has 0 radical (unpaired) electrons. The van der Waals surface area contributed by atoms with Crippen LogP contribution in [0.1, 0.15) is 29.5 Å². The van der Waals surface area contributed by atoms with Crippen molar-refractivity contribution in [2.45, 2.75) is 32.5 Å². The molecule has 2 aromatic rings. The lowest BCUT2D eigenvalue weighted by Gasteiger charge is -2.31. The summed E-state index contributed by atoms with van der Waals surface area (Å²) >= 11 is 0. The summed E-state index contributed by atoms with van der Waals surface area (Å²) < 4.78 is 0. The molecule has 3 rings (SSSR count). The number of nitrogens with two attached hydrogens (primary N) is 1. The number of rotatable bonds is 5. The van der Waals surface area contributed by atoms with Gasteiger partial charge in [0.25, 0.3) is 0 Å². The number of hydrogen-bond acceptors (Lipinski definition) is 4.